The van der Waals surface area contributed by atoms with Gasteiger partial charge in [0.2, 0.25) is 0 Å². The lowest BCUT2D eigenvalue weighted by Gasteiger charge is -2.30. The van der Waals surface area contributed by atoms with E-state index in [4.69, 9.17) is 9.47 Å². The number of benzene rings is 1. The van der Waals surface area contributed by atoms with Crippen molar-refractivity contribution in [1.29, 1.82) is 0 Å². The van der Waals surface area contributed by atoms with Crippen LogP contribution in [0.4, 0.5) is 10.1 Å². The molecule has 1 aromatic carbocycles. The van der Waals surface area contributed by atoms with Crippen molar-refractivity contribution in [2.75, 3.05) is 45.3 Å². The largest absolute Gasteiger partial charge is 0.493 e. The Labute approximate surface area is 100 Å². The van der Waals surface area contributed by atoms with Crippen LogP contribution in [0, 0.1) is 5.82 Å². The molecule has 0 unspecified atom stereocenters. The average Bonchev–Trinajstić information content (AvgIpc) is 2.39. The summed E-state index contributed by atoms with van der Waals surface area (Å²) < 4.78 is 24.2. The molecule has 0 amide bonds. The maximum absolute atomic E-state index is 13.9. The fraction of sp³-hybridized carbons (Fsp3) is 0.500. The fourth-order valence-electron chi connectivity index (χ4n) is 1.99. The Kier molecular flexibility index (Phi) is 3.68. The molecule has 0 atom stereocenters. The Morgan fingerprint density at radius 1 is 1.12 bits per heavy atom. The molecule has 5 heteroatoms. The Morgan fingerprint density at radius 2 is 1.71 bits per heavy atom. The molecule has 0 saturated carbocycles. The summed E-state index contributed by atoms with van der Waals surface area (Å²) >= 11 is 0. The van der Waals surface area contributed by atoms with Gasteiger partial charge in [-0.15, -0.1) is 0 Å². The van der Waals surface area contributed by atoms with Crippen LogP contribution >= 0.6 is 0 Å². The van der Waals surface area contributed by atoms with Gasteiger partial charge in [-0.25, -0.2) is 4.39 Å². The molecule has 1 aromatic rings. The van der Waals surface area contributed by atoms with E-state index in [1.807, 2.05) is 4.90 Å². The second-order valence-electron chi connectivity index (χ2n) is 3.90. The highest BCUT2D eigenvalue weighted by Crippen LogP contribution is 2.34. The van der Waals surface area contributed by atoms with E-state index < -0.39 is 0 Å². The maximum Gasteiger partial charge on any atom is 0.163 e. The molecule has 2 rings (SSSR count). The minimum Gasteiger partial charge on any atom is -0.493 e. The van der Waals surface area contributed by atoms with Crippen LogP contribution in [0.1, 0.15) is 0 Å². The molecule has 1 fully saturated rings. The number of rotatable bonds is 3. The summed E-state index contributed by atoms with van der Waals surface area (Å²) in [6, 6.07) is 3.07. The first kappa shape index (κ1) is 12.0. The highest BCUT2D eigenvalue weighted by Gasteiger charge is 2.18. The highest BCUT2D eigenvalue weighted by atomic mass is 19.1. The van der Waals surface area contributed by atoms with Crippen molar-refractivity contribution in [2.45, 2.75) is 0 Å². The van der Waals surface area contributed by atoms with Gasteiger partial charge in [-0.2, -0.15) is 0 Å². The molecule has 0 aromatic heterocycles. The van der Waals surface area contributed by atoms with Gasteiger partial charge in [0.05, 0.1) is 19.9 Å². The van der Waals surface area contributed by atoms with E-state index in [1.165, 1.54) is 13.2 Å². The van der Waals surface area contributed by atoms with Crippen molar-refractivity contribution in [2.24, 2.45) is 0 Å². The summed E-state index contributed by atoms with van der Waals surface area (Å²) in [4.78, 5) is 2.01. The zero-order chi connectivity index (χ0) is 12.3. The van der Waals surface area contributed by atoms with Crippen LogP contribution in [0.25, 0.3) is 0 Å². The molecule has 1 aliphatic heterocycles. The third kappa shape index (κ3) is 2.44. The number of nitrogens with zero attached hydrogens (tertiary/aromatic N) is 1. The smallest absolute Gasteiger partial charge is 0.163 e. The molecule has 1 saturated heterocycles. The number of halogens is 1. The summed E-state index contributed by atoms with van der Waals surface area (Å²) in [6.07, 6.45) is 0. The van der Waals surface area contributed by atoms with Crippen molar-refractivity contribution in [1.82, 2.24) is 5.32 Å². The van der Waals surface area contributed by atoms with Crippen LogP contribution in [0.3, 0.4) is 0 Å². The normalized spacial score (nSPS) is 15.8. The first-order valence-electron chi connectivity index (χ1n) is 5.63. The molecule has 0 spiro atoms. The zero-order valence-electron chi connectivity index (χ0n) is 10.1. The summed E-state index contributed by atoms with van der Waals surface area (Å²) in [5.41, 5.74) is 0.573. The Hall–Kier alpha value is -1.49. The SMILES string of the molecule is COc1cc(F)c(N2CCNCC2)cc1OC. The van der Waals surface area contributed by atoms with E-state index in [2.05, 4.69) is 5.32 Å². The van der Waals surface area contributed by atoms with Gasteiger partial charge in [-0.3, -0.25) is 0 Å². The zero-order valence-corrected chi connectivity index (χ0v) is 10.1. The molecule has 1 heterocycles. The van der Waals surface area contributed by atoms with Crippen molar-refractivity contribution >= 4 is 5.69 Å². The number of hydrogen-bond donors (Lipinski definition) is 1. The van der Waals surface area contributed by atoms with Gasteiger partial charge < -0.3 is 19.7 Å². The van der Waals surface area contributed by atoms with Crippen molar-refractivity contribution in [3.8, 4) is 11.5 Å². The Morgan fingerprint density at radius 3 is 2.29 bits per heavy atom. The number of ether oxygens (including phenoxy) is 2. The van der Waals surface area contributed by atoms with E-state index in [1.54, 1.807) is 13.2 Å². The van der Waals surface area contributed by atoms with Crippen LogP contribution in [-0.4, -0.2) is 40.4 Å². The molecule has 0 bridgehead atoms. The van der Waals surface area contributed by atoms with Gasteiger partial charge >= 0.3 is 0 Å². The van der Waals surface area contributed by atoms with E-state index in [0.29, 0.717) is 17.2 Å². The highest BCUT2D eigenvalue weighted by molar-refractivity contribution is 5.57. The molecular formula is C12H17FN2O2. The lowest BCUT2D eigenvalue weighted by molar-refractivity contribution is 0.352. The average molecular weight is 240 g/mol. The lowest BCUT2D eigenvalue weighted by Crippen LogP contribution is -2.43. The Bertz CT molecular complexity index is 392. The first-order chi connectivity index (χ1) is 8.26. The van der Waals surface area contributed by atoms with Crippen LogP contribution in [-0.2, 0) is 0 Å². The van der Waals surface area contributed by atoms with Crippen molar-refractivity contribution < 1.29 is 13.9 Å². The molecule has 0 radical (unpaired) electrons. The topological polar surface area (TPSA) is 33.7 Å². The van der Waals surface area contributed by atoms with Crippen molar-refractivity contribution in [3.05, 3.63) is 17.9 Å². The van der Waals surface area contributed by atoms with E-state index in [9.17, 15) is 4.39 Å². The monoisotopic (exact) mass is 240 g/mol. The van der Waals surface area contributed by atoms with Crippen LogP contribution in [0.2, 0.25) is 0 Å². The summed E-state index contributed by atoms with van der Waals surface area (Å²) in [5, 5.41) is 3.24. The van der Waals surface area contributed by atoms with Crippen LogP contribution in [0.15, 0.2) is 12.1 Å². The molecule has 17 heavy (non-hydrogen) atoms. The number of anilines is 1. The number of hydrogen-bond acceptors (Lipinski definition) is 4. The summed E-state index contributed by atoms with van der Waals surface area (Å²) in [7, 11) is 3.05. The minimum atomic E-state index is -0.274. The third-order valence-electron chi connectivity index (χ3n) is 2.91. The van der Waals surface area contributed by atoms with Gasteiger partial charge in [0.25, 0.3) is 0 Å². The van der Waals surface area contributed by atoms with Crippen molar-refractivity contribution in [3.63, 3.8) is 0 Å². The minimum absolute atomic E-state index is 0.274. The predicted molar refractivity (Wildman–Crippen MR) is 64.6 cm³/mol. The molecule has 1 N–H and O–H groups in total. The van der Waals surface area contributed by atoms with E-state index in [0.717, 1.165) is 26.2 Å². The number of piperazine rings is 1. The summed E-state index contributed by atoms with van der Waals surface area (Å²) in [5.74, 6) is 0.705. The quantitative estimate of drug-likeness (QED) is 0.862. The molecule has 0 aliphatic carbocycles. The van der Waals surface area contributed by atoms with Crippen LogP contribution < -0.4 is 19.7 Å². The van der Waals surface area contributed by atoms with Gasteiger partial charge in [-0.1, -0.05) is 0 Å². The summed E-state index contributed by atoms with van der Waals surface area (Å²) in [6.45, 7) is 3.33. The second kappa shape index (κ2) is 5.23. The fourth-order valence-corrected chi connectivity index (χ4v) is 1.99. The maximum atomic E-state index is 13.9. The van der Waals surface area contributed by atoms with Gasteiger partial charge in [0, 0.05) is 38.3 Å². The first-order valence-corrected chi connectivity index (χ1v) is 5.63. The molecular weight excluding hydrogens is 223 g/mol. The Balaban J connectivity index is 2.32. The van der Waals surface area contributed by atoms with Gasteiger partial charge in [0.15, 0.2) is 11.5 Å². The lowest BCUT2D eigenvalue weighted by atomic mass is 10.2. The van der Waals surface area contributed by atoms with Crippen LogP contribution in [0.5, 0.6) is 11.5 Å². The molecule has 1 aliphatic rings. The van der Waals surface area contributed by atoms with Gasteiger partial charge in [-0.05, 0) is 0 Å². The van der Waals surface area contributed by atoms with Gasteiger partial charge in [0.1, 0.15) is 5.82 Å². The van der Waals surface area contributed by atoms with E-state index >= 15 is 0 Å². The molecule has 94 valence electrons. The third-order valence-corrected chi connectivity index (χ3v) is 2.91. The standard InChI is InChI=1S/C12H17FN2O2/c1-16-11-7-9(13)10(8-12(11)17-2)15-5-3-14-4-6-15/h7-8,14H,3-6H2,1-2H3. The number of nitrogens with one attached hydrogen (secondary N) is 1. The second-order valence-corrected chi connectivity index (χ2v) is 3.90. The predicted octanol–water partition coefficient (Wildman–Crippen LogP) is 1.25. The molecule has 4 nitrogen and oxygen atoms in total. The number of methoxy groups -OCH3 is 2. The van der Waals surface area contributed by atoms with E-state index in [-0.39, 0.29) is 5.82 Å².